The zero-order valence-electron chi connectivity index (χ0n) is 17.3. The van der Waals surface area contributed by atoms with E-state index in [1.807, 2.05) is 0 Å². The highest BCUT2D eigenvalue weighted by atomic mass is 16.5. The van der Waals surface area contributed by atoms with Gasteiger partial charge in [-0.15, -0.1) is 0 Å². The summed E-state index contributed by atoms with van der Waals surface area (Å²) in [7, 11) is 2.48. The minimum atomic E-state index is -0.649. The molecule has 3 saturated carbocycles. The molecule has 0 N–H and O–H groups in total. The number of amides is 2. The molecule has 31 heavy (non-hydrogen) atoms. The van der Waals surface area contributed by atoms with Crippen molar-refractivity contribution in [2.24, 2.45) is 47.3 Å². The summed E-state index contributed by atoms with van der Waals surface area (Å²) in [6.07, 6.45) is 6.74. The van der Waals surface area contributed by atoms with E-state index >= 15 is 0 Å². The molecule has 7 nitrogen and oxygen atoms in total. The summed E-state index contributed by atoms with van der Waals surface area (Å²) < 4.78 is 9.58. The van der Waals surface area contributed by atoms with E-state index in [0.29, 0.717) is 23.7 Å². The van der Waals surface area contributed by atoms with Crippen LogP contribution >= 0.6 is 0 Å². The van der Waals surface area contributed by atoms with E-state index in [9.17, 15) is 19.2 Å². The van der Waals surface area contributed by atoms with Crippen LogP contribution in [0, 0.1) is 47.3 Å². The number of fused-ring (bicyclic) bond motifs is 12. The first-order valence-electron chi connectivity index (χ1n) is 10.8. The maximum absolute atomic E-state index is 13.5. The normalized spacial score (nSPS) is 38.6. The zero-order valence-corrected chi connectivity index (χ0v) is 17.3. The number of allylic oxidation sites excluding steroid dienone is 2. The van der Waals surface area contributed by atoms with Crippen molar-refractivity contribution < 1.29 is 28.7 Å². The molecule has 7 heteroatoms. The molecule has 0 spiro atoms. The van der Waals surface area contributed by atoms with Gasteiger partial charge in [0.25, 0.3) is 0 Å². The molecule has 1 aliphatic heterocycles. The van der Waals surface area contributed by atoms with Gasteiger partial charge in [0.05, 0.1) is 42.9 Å². The smallest absolute Gasteiger partial charge is 0.337 e. The summed E-state index contributed by atoms with van der Waals surface area (Å²) in [5.41, 5.74) is 0.429. The Labute approximate surface area is 179 Å². The minimum absolute atomic E-state index is 0.0974. The summed E-state index contributed by atoms with van der Waals surface area (Å²) in [4.78, 5) is 52.6. The molecule has 1 saturated heterocycles. The van der Waals surface area contributed by atoms with Gasteiger partial charge >= 0.3 is 11.9 Å². The number of methoxy groups -OCH3 is 2. The molecule has 0 aromatic heterocycles. The van der Waals surface area contributed by atoms with Crippen LogP contribution in [0.25, 0.3) is 0 Å². The predicted octanol–water partition coefficient (Wildman–Crippen LogP) is 2.45. The summed E-state index contributed by atoms with van der Waals surface area (Å²) in [5.74, 6) is 0.270. The Bertz CT molecular complexity index is 1000. The monoisotopic (exact) mass is 421 g/mol. The SMILES string of the molecule is COC(=O)c1cc(C(=O)OC)cc(N2C(=O)C3C4CC(C3C2=O)C2C3C=CC(C3)C42)c1. The van der Waals surface area contributed by atoms with Crippen LogP contribution in [0.3, 0.4) is 0 Å². The second-order valence-corrected chi connectivity index (χ2v) is 9.48. The van der Waals surface area contributed by atoms with E-state index in [1.54, 1.807) is 0 Å². The Kier molecular flexibility index (Phi) is 3.80. The van der Waals surface area contributed by atoms with Crippen LogP contribution in [0.4, 0.5) is 5.69 Å². The summed E-state index contributed by atoms with van der Waals surface area (Å²) in [5, 5.41) is 0. The number of carbonyl (C=O) groups excluding carboxylic acids is 4. The molecular formula is C24H23NO6. The highest BCUT2D eigenvalue weighted by Gasteiger charge is 2.71. The number of nitrogens with zero attached hydrogens (tertiary/aromatic N) is 1. The number of carbonyl (C=O) groups is 4. The second kappa shape index (κ2) is 6.28. The van der Waals surface area contributed by atoms with Gasteiger partial charge in [0.15, 0.2) is 0 Å². The average Bonchev–Trinajstić information content (AvgIpc) is 3.58. The fourth-order valence-electron chi connectivity index (χ4n) is 7.58. The van der Waals surface area contributed by atoms with E-state index in [1.165, 1.54) is 37.3 Å². The first kappa shape index (κ1) is 18.8. The van der Waals surface area contributed by atoms with Crippen LogP contribution in [0.5, 0.6) is 0 Å². The van der Waals surface area contributed by atoms with Crippen molar-refractivity contribution in [3.05, 3.63) is 41.5 Å². The molecule has 0 radical (unpaired) electrons. The number of esters is 2. The Balaban J connectivity index is 1.40. The van der Waals surface area contributed by atoms with E-state index in [2.05, 4.69) is 12.2 Å². The van der Waals surface area contributed by atoms with E-state index < -0.39 is 11.9 Å². The molecule has 4 aliphatic carbocycles. The predicted molar refractivity (Wildman–Crippen MR) is 108 cm³/mol. The van der Waals surface area contributed by atoms with E-state index in [4.69, 9.17) is 9.47 Å². The maximum atomic E-state index is 13.5. The summed E-state index contributed by atoms with van der Waals surface area (Å²) in [6, 6.07) is 4.25. The van der Waals surface area contributed by atoms with Crippen molar-refractivity contribution >= 4 is 29.4 Å². The summed E-state index contributed by atoms with van der Waals surface area (Å²) in [6.45, 7) is 0. The molecule has 1 aromatic rings. The Hall–Kier alpha value is -2.96. The van der Waals surface area contributed by atoms with Crippen molar-refractivity contribution in [3.63, 3.8) is 0 Å². The molecule has 4 bridgehead atoms. The molecule has 8 atom stereocenters. The van der Waals surface area contributed by atoms with E-state index in [0.717, 1.165) is 12.8 Å². The van der Waals surface area contributed by atoms with Gasteiger partial charge in [-0.25, -0.2) is 14.5 Å². The van der Waals surface area contributed by atoms with Crippen molar-refractivity contribution in [2.75, 3.05) is 19.1 Å². The molecule has 1 aromatic carbocycles. The van der Waals surface area contributed by atoms with Crippen molar-refractivity contribution in [2.45, 2.75) is 12.8 Å². The van der Waals surface area contributed by atoms with Crippen molar-refractivity contribution in [1.29, 1.82) is 0 Å². The lowest BCUT2D eigenvalue weighted by atomic mass is 9.65. The zero-order chi connectivity index (χ0) is 21.6. The van der Waals surface area contributed by atoms with Crippen LogP contribution in [0.2, 0.25) is 0 Å². The van der Waals surface area contributed by atoms with Gasteiger partial charge in [-0.2, -0.15) is 0 Å². The molecule has 160 valence electrons. The topological polar surface area (TPSA) is 90.0 Å². The van der Waals surface area contributed by atoms with Gasteiger partial charge in [-0.05, 0) is 66.5 Å². The van der Waals surface area contributed by atoms with Crippen LogP contribution < -0.4 is 4.90 Å². The molecule has 2 amide bonds. The Morgan fingerprint density at radius 1 is 0.806 bits per heavy atom. The number of anilines is 1. The maximum Gasteiger partial charge on any atom is 0.337 e. The second-order valence-electron chi connectivity index (χ2n) is 9.48. The molecular weight excluding hydrogens is 398 g/mol. The van der Waals surface area contributed by atoms with Crippen molar-refractivity contribution in [1.82, 2.24) is 0 Å². The highest BCUT2D eigenvalue weighted by molar-refractivity contribution is 6.23. The van der Waals surface area contributed by atoms with Gasteiger partial charge in [0.1, 0.15) is 0 Å². The number of rotatable bonds is 3. The molecule has 6 rings (SSSR count). The molecule has 8 unspecified atom stereocenters. The summed E-state index contributed by atoms with van der Waals surface area (Å²) >= 11 is 0. The van der Waals surface area contributed by atoms with Crippen LogP contribution in [0.15, 0.2) is 30.4 Å². The largest absolute Gasteiger partial charge is 0.465 e. The van der Waals surface area contributed by atoms with Gasteiger partial charge in [-0.1, -0.05) is 12.2 Å². The van der Waals surface area contributed by atoms with Gasteiger partial charge < -0.3 is 9.47 Å². The van der Waals surface area contributed by atoms with Gasteiger partial charge in [0.2, 0.25) is 11.8 Å². The standard InChI is InChI=1S/C24H23NO6/c1-30-23(28)12-6-13(24(29)31-2)8-14(7-12)25-21(26)19-15-9-16(20(19)22(25)27)18-11-4-3-10(5-11)17(15)18/h3-4,6-8,10-11,15-20H,5,9H2,1-2H3. The van der Waals surface area contributed by atoms with Gasteiger partial charge in [0, 0.05) is 0 Å². The van der Waals surface area contributed by atoms with Gasteiger partial charge in [-0.3, -0.25) is 9.59 Å². The third-order valence-electron chi connectivity index (χ3n) is 8.45. The Morgan fingerprint density at radius 2 is 1.29 bits per heavy atom. The van der Waals surface area contributed by atoms with Crippen LogP contribution in [-0.4, -0.2) is 38.0 Å². The third kappa shape index (κ3) is 2.29. The average molecular weight is 421 g/mol. The minimum Gasteiger partial charge on any atom is -0.465 e. The quantitative estimate of drug-likeness (QED) is 0.322. The van der Waals surface area contributed by atoms with Crippen LogP contribution in [0.1, 0.15) is 33.6 Å². The number of ether oxygens (including phenoxy) is 2. The third-order valence-corrected chi connectivity index (χ3v) is 8.45. The molecule has 1 heterocycles. The number of hydrogen-bond acceptors (Lipinski definition) is 6. The lowest BCUT2D eigenvalue weighted by molar-refractivity contribution is -0.123. The highest BCUT2D eigenvalue weighted by Crippen LogP contribution is 2.70. The number of imide groups is 1. The van der Waals surface area contributed by atoms with E-state index in [-0.39, 0.29) is 52.3 Å². The lowest BCUT2D eigenvalue weighted by Crippen LogP contribution is -2.38. The number of benzene rings is 1. The number of hydrogen-bond donors (Lipinski definition) is 0. The fraction of sp³-hybridized carbons (Fsp3) is 0.500. The molecule has 4 fully saturated rings. The first-order valence-corrected chi connectivity index (χ1v) is 10.8. The fourth-order valence-corrected chi connectivity index (χ4v) is 7.58. The Morgan fingerprint density at radius 3 is 1.74 bits per heavy atom. The lowest BCUT2D eigenvalue weighted by Gasteiger charge is -2.36. The molecule has 5 aliphatic rings. The van der Waals surface area contributed by atoms with Crippen LogP contribution in [-0.2, 0) is 19.1 Å². The first-order chi connectivity index (χ1) is 14.9. The van der Waals surface area contributed by atoms with Crippen molar-refractivity contribution in [3.8, 4) is 0 Å².